The van der Waals surface area contributed by atoms with Crippen LogP contribution in [0.4, 0.5) is 18.9 Å². The summed E-state index contributed by atoms with van der Waals surface area (Å²) in [5.74, 6) is -0.515. The number of aromatic nitrogens is 3. The molecule has 0 atom stereocenters. The molecule has 148 valence electrons. The Bertz CT molecular complexity index is 1440. The molecule has 0 aliphatic heterocycles. The SMILES string of the molecule is O=C(Nc1cccc(C(F)(F)F)c1)c1ccc2[nH]c3nc4ccccc4nc3c2c1. The Morgan fingerprint density at radius 3 is 2.43 bits per heavy atom. The maximum Gasteiger partial charge on any atom is 0.416 e. The minimum atomic E-state index is -4.48. The number of anilines is 1. The average molecular weight is 406 g/mol. The van der Waals surface area contributed by atoms with Gasteiger partial charge in [0, 0.05) is 22.2 Å². The number of alkyl halides is 3. The van der Waals surface area contributed by atoms with Gasteiger partial charge in [-0.3, -0.25) is 4.79 Å². The second kappa shape index (κ2) is 6.55. The monoisotopic (exact) mass is 406 g/mol. The molecule has 8 heteroatoms. The van der Waals surface area contributed by atoms with Gasteiger partial charge in [0.1, 0.15) is 5.52 Å². The number of fused-ring (bicyclic) bond motifs is 4. The van der Waals surface area contributed by atoms with E-state index < -0.39 is 17.6 Å². The second-order valence-electron chi connectivity index (χ2n) is 6.83. The maximum atomic E-state index is 12.9. The molecule has 1 amide bonds. The number of rotatable bonds is 2. The fourth-order valence-electron chi connectivity index (χ4n) is 3.37. The van der Waals surface area contributed by atoms with Crippen LogP contribution >= 0.6 is 0 Å². The highest BCUT2D eigenvalue weighted by Gasteiger charge is 2.30. The lowest BCUT2D eigenvalue weighted by Gasteiger charge is -2.10. The molecule has 2 heterocycles. The van der Waals surface area contributed by atoms with Crippen LogP contribution in [0.2, 0.25) is 0 Å². The number of hydrogen-bond donors (Lipinski definition) is 2. The lowest BCUT2D eigenvalue weighted by atomic mass is 10.1. The summed E-state index contributed by atoms with van der Waals surface area (Å²) in [5, 5.41) is 3.23. The standard InChI is InChI=1S/C22H13F3N4O/c23-22(24,25)13-4-3-5-14(11-13)26-21(30)12-8-9-16-15(10-12)19-20(28-16)29-18-7-2-1-6-17(18)27-19/h1-11H,(H,26,30)(H,28,29). The van der Waals surface area contributed by atoms with E-state index in [1.54, 1.807) is 18.2 Å². The summed E-state index contributed by atoms with van der Waals surface area (Å²) >= 11 is 0. The zero-order valence-corrected chi connectivity index (χ0v) is 15.3. The Labute approximate surface area is 167 Å². The summed E-state index contributed by atoms with van der Waals surface area (Å²) in [4.78, 5) is 25.0. The zero-order chi connectivity index (χ0) is 20.9. The van der Waals surface area contributed by atoms with Crippen LogP contribution in [-0.2, 0) is 6.18 Å². The van der Waals surface area contributed by atoms with E-state index in [1.807, 2.05) is 24.3 Å². The van der Waals surface area contributed by atoms with Gasteiger partial charge in [0.25, 0.3) is 5.91 Å². The average Bonchev–Trinajstić information content (AvgIpc) is 3.08. The number of benzene rings is 3. The number of nitrogens with zero attached hydrogens (tertiary/aromatic N) is 2. The molecule has 3 aromatic carbocycles. The predicted octanol–water partition coefficient (Wildman–Crippen LogP) is 5.54. The van der Waals surface area contributed by atoms with E-state index in [-0.39, 0.29) is 5.69 Å². The highest BCUT2D eigenvalue weighted by atomic mass is 19.4. The lowest BCUT2D eigenvalue weighted by molar-refractivity contribution is -0.137. The molecule has 0 radical (unpaired) electrons. The molecule has 2 aromatic heterocycles. The Kier molecular flexibility index (Phi) is 3.95. The number of H-pyrrole nitrogens is 1. The fourth-order valence-corrected chi connectivity index (χ4v) is 3.37. The van der Waals surface area contributed by atoms with E-state index >= 15 is 0 Å². The second-order valence-corrected chi connectivity index (χ2v) is 6.83. The first-order valence-corrected chi connectivity index (χ1v) is 9.05. The van der Waals surface area contributed by atoms with Crippen molar-refractivity contribution in [1.29, 1.82) is 0 Å². The molecule has 0 saturated heterocycles. The molecule has 0 aliphatic rings. The molecule has 0 saturated carbocycles. The van der Waals surface area contributed by atoms with Gasteiger partial charge in [-0.05, 0) is 48.5 Å². The molecule has 0 spiro atoms. The first-order chi connectivity index (χ1) is 14.4. The van der Waals surface area contributed by atoms with Gasteiger partial charge in [0.15, 0.2) is 5.65 Å². The van der Waals surface area contributed by atoms with Gasteiger partial charge in [-0.25, -0.2) is 9.97 Å². The highest BCUT2D eigenvalue weighted by Crippen LogP contribution is 2.31. The van der Waals surface area contributed by atoms with Crippen molar-refractivity contribution < 1.29 is 18.0 Å². The van der Waals surface area contributed by atoms with Gasteiger partial charge in [-0.2, -0.15) is 13.2 Å². The van der Waals surface area contributed by atoms with Crippen molar-refractivity contribution in [2.75, 3.05) is 5.32 Å². The molecule has 0 aliphatic carbocycles. The van der Waals surface area contributed by atoms with E-state index in [2.05, 4.69) is 20.3 Å². The van der Waals surface area contributed by atoms with Crippen LogP contribution in [0.25, 0.3) is 33.1 Å². The van der Waals surface area contributed by atoms with E-state index in [1.165, 1.54) is 12.1 Å². The topological polar surface area (TPSA) is 70.7 Å². The van der Waals surface area contributed by atoms with Crippen LogP contribution in [0.1, 0.15) is 15.9 Å². The van der Waals surface area contributed by atoms with E-state index in [4.69, 9.17) is 0 Å². The molecule has 0 unspecified atom stereocenters. The zero-order valence-electron chi connectivity index (χ0n) is 15.3. The van der Waals surface area contributed by atoms with Crippen molar-refractivity contribution in [2.45, 2.75) is 6.18 Å². The van der Waals surface area contributed by atoms with E-state index in [0.29, 0.717) is 22.1 Å². The summed E-state index contributed by atoms with van der Waals surface area (Å²) in [5.41, 5.74) is 3.00. The number of carbonyl (C=O) groups is 1. The first-order valence-electron chi connectivity index (χ1n) is 9.05. The summed E-state index contributed by atoms with van der Waals surface area (Å²) in [6.07, 6.45) is -4.48. The molecule has 0 bridgehead atoms. The maximum absolute atomic E-state index is 12.9. The first kappa shape index (κ1) is 18.1. The quantitative estimate of drug-likeness (QED) is 0.405. The Balaban J connectivity index is 1.53. The molecular formula is C22H13F3N4O. The van der Waals surface area contributed by atoms with Crippen molar-refractivity contribution in [2.24, 2.45) is 0 Å². The van der Waals surface area contributed by atoms with Crippen LogP contribution in [0, 0.1) is 0 Å². The van der Waals surface area contributed by atoms with Crippen LogP contribution in [0.5, 0.6) is 0 Å². The van der Waals surface area contributed by atoms with Crippen LogP contribution in [0.3, 0.4) is 0 Å². The Morgan fingerprint density at radius 2 is 1.67 bits per heavy atom. The highest BCUT2D eigenvalue weighted by molar-refractivity contribution is 6.11. The minimum Gasteiger partial charge on any atom is -0.338 e. The summed E-state index contributed by atoms with van der Waals surface area (Å²) in [6.45, 7) is 0. The van der Waals surface area contributed by atoms with Crippen molar-refractivity contribution in [3.05, 3.63) is 77.9 Å². The van der Waals surface area contributed by atoms with E-state index in [0.717, 1.165) is 28.7 Å². The molecule has 0 fully saturated rings. The summed E-state index contributed by atoms with van der Waals surface area (Å²) in [7, 11) is 0. The van der Waals surface area contributed by atoms with Gasteiger partial charge in [0.2, 0.25) is 0 Å². The third-order valence-electron chi connectivity index (χ3n) is 4.81. The molecule has 30 heavy (non-hydrogen) atoms. The third-order valence-corrected chi connectivity index (χ3v) is 4.81. The normalized spacial score (nSPS) is 12.0. The Hall–Kier alpha value is -3.94. The smallest absolute Gasteiger partial charge is 0.338 e. The number of nitrogens with one attached hydrogen (secondary N) is 2. The van der Waals surface area contributed by atoms with Crippen molar-refractivity contribution >= 4 is 44.7 Å². The lowest BCUT2D eigenvalue weighted by Crippen LogP contribution is -2.13. The van der Waals surface area contributed by atoms with Crippen molar-refractivity contribution in [3.8, 4) is 0 Å². The number of carbonyl (C=O) groups excluding carboxylic acids is 1. The number of aromatic amines is 1. The van der Waals surface area contributed by atoms with Gasteiger partial charge < -0.3 is 10.3 Å². The summed E-state index contributed by atoms with van der Waals surface area (Å²) < 4.78 is 38.7. The van der Waals surface area contributed by atoms with Crippen molar-refractivity contribution in [1.82, 2.24) is 15.0 Å². The predicted molar refractivity (Wildman–Crippen MR) is 108 cm³/mol. The molecular weight excluding hydrogens is 393 g/mol. The number of halogens is 3. The summed E-state index contributed by atoms with van der Waals surface area (Å²) in [6, 6.07) is 17.0. The Morgan fingerprint density at radius 1 is 0.900 bits per heavy atom. The van der Waals surface area contributed by atoms with Gasteiger partial charge in [-0.1, -0.05) is 18.2 Å². The van der Waals surface area contributed by atoms with Crippen LogP contribution in [0.15, 0.2) is 66.7 Å². The molecule has 5 rings (SSSR count). The van der Waals surface area contributed by atoms with Gasteiger partial charge in [-0.15, -0.1) is 0 Å². The van der Waals surface area contributed by atoms with Crippen LogP contribution < -0.4 is 5.32 Å². The van der Waals surface area contributed by atoms with Gasteiger partial charge >= 0.3 is 6.18 Å². The number of amides is 1. The molecule has 5 aromatic rings. The molecule has 2 N–H and O–H groups in total. The van der Waals surface area contributed by atoms with Gasteiger partial charge in [0.05, 0.1) is 16.6 Å². The third kappa shape index (κ3) is 3.12. The van der Waals surface area contributed by atoms with Crippen LogP contribution in [-0.4, -0.2) is 20.9 Å². The fraction of sp³-hybridized carbons (Fsp3) is 0.0455. The molecule has 5 nitrogen and oxygen atoms in total. The van der Waals surface area contributed by atoms with Crippen molar-refractivity contribution in [3.63, 3.8) is 0 Å². The number of para-hydroxylation sites is 2. The number of hydrogen-bond acceptors (Lipinski definition) is 3. The minimum absolute atomic E-state index is 0.0691. The largest absolute Gasteiger partial charge is 0.416 e. The van der Waals surface area contributed by atoms with E-state index in [9.17, 15) is 18.0 Å².